The van der Waals surface area contributed by atoms with E-state index in [1.54, 1.807) is 6.92 Å². The molecular weight excluding hydrogens is 274 g/mol. The molecule has 2 rings (SSSR count). The lowest BCUT2D eigenvalue weighted by atomic mass is 10.1. The molecule has 102 valence electrons. The summed E-state index contributed by atoms with van der Waals surface area (Å²) in [7, 11) is -3.36. The zero-order chi connectivity index (χ0) is 13.3. The summed E-state index contributed by atoms with van der Waals surface area (Å²) in [4.78, 5) is 2.11. The fraction of sp³-hybridized carbons (Fsp3) is 0.700. The Morgan fingerprint density at radius 3 is 2.67 bits per heavy atom. The van der Waals surface area contributed by atoms with Crippen molar-refractivity contribution in [3.05, 3.63) is 0 Å². The fourth-order valence-corrected chi connectivity index (χ4v) is 4.35. The molecule has 8 heteroatoms. The van der Waals surface area contributed by atoms with Gasteiger partial charge in [-0.2, -0.15) is 4.37 Å². The molecule has 2 heterocycles. The van der Waals surface area contributed by atoms with Gasteiger partial charge in [0.05, 0.1) is 11.9 Å². The second kappa shape index (κ2) is 5.02. The summed E-state index contributed by atoms with van der Waals surface area (Å²) in [5.41, 5.74) is 5.68. The van der Waals surface area contributed by atoms with Crippen LogP contribution in [-0.4, -0.2) is 42.8 Å². The molecule has 1 aliphatic rings. The zero-order valence-corrected chi connectivity index (χ0v) is 11.8. The highest BCUT2D eigenvalue weighted by atomic mass is 32.2. The van der Waals surface area contributed by atoms with Gasteiger partial charge in [0.2, 0.25) is 0 Å². The Morgan fingerprint density at radius 2 is 2.11 bits per heavy atom. The van der Waals surface area contributed by atoms with Gasteiger partial charge >= 0.3 is 0 Å². The summed E-state index contributed by atoms with van der Waals surface area (Å²) < 4.78 is 28.0. The summed E-state index contributed by atoms with van der Waals surface area (Å²) in [5, 5.41) is 10.1. The van der Waals surface area contributed by atoms with Gasteiger partial charge in [-0.25, -0.2) is 8.42 Å². The Labute approximate surface area is 111 Å². The first-order valence-electron chi connectivity index (χ1n) is 5.86. The summed E-state index contributed by atoms with van der Waals surface area (Å²) >= 11 is 1.12. The van der Waals surface area contributed by atoms with Gasteiger partial charge in [0.15, 0.2) is 15.7 Å². The van der Waals surface area contributed by atoms with Gasteiger partial charge in [0.1, 0.15) is 9.90 Å². The highest BCUT2D eigenvalue weighted by molar-refractivity contribution is 7.91. The van der Waals surface area contributed by atoms with E-state index in [4.69, 9.17) is 5.73 Å². The van der Waals surface area contributed by atoms with Crippen LogP contribution in [0.1, 0.15) is 19.8 Å². The van der Waals surface area contributed by atoms with Crippen molar-refractivity contribution < 1.29 is 13.5 Å². The average Bonchev–Trinajstić information content (AvgIpc) is 2.73. The van der Waals surface area contributed by atoms with E-state index in [-0.39, 0.29) is 22.6 Å². The number of nitrogens with zero attached hydrogens (tertiary/aromatic N) is 2. The Morgan fingerprint density at radius 1 is 1.50 bits per heavy atom. The van der Waals surface area contributed by atoms with E-state index in [1.807, 2.05) is 4.90 Å². The predicted octanol–water partition coefficient (Wildman–Crippen LogP) is 0.480. The minimum Gasteiger partial charge on any atom is -0.393 e. The number of aromatic nitrogens is 1. The van der Waals surface area contributed by atoms with Gasteiger partial charge in [-0.3, -0.25) is 0 Å². The number of piperidine rings is 1. The third-order valence-corrected chi connectivity index (χ3v) is 5.94. The maximum absolute atomic E-state index is 12.0. The van der Waals surface area contributed by atoms with E-state index in [0.717, 1.165) is 11.5 Å². The Bertz CT molecular complexity index is 518. The van der Waals surface area contributed by atoms with Gasteiger partial charge in [0.25, 0.3) is 0 Å². The Kier molecular flexibility index (Phi) is 3.79. The molecule has 0 aliphatic carbocycles. The van der Waals surface area contributed by atoms with Crippen molar-refractivity contribution in [3.8, 4) is 0 Å². The van der Waals surface area contributed by atoms with Gasteiger partial charge in [-0.15, -0.1) is 0 Å². The number of aliphatic hydroxyl groups excluding tert-OH is 1. The van der Waals surface area contributed by atoms with Gasteiger partial charge in [-0.05, 0) is 24.4 Å². The van der Waals surface area contributed by atoms with E-state index in [1.165, 1.54) is 0 Å². The van der Waals surface area contributed by atoms with Gasteiger partial charge in [-0.1, -0.05) is 6.92 Å². The highest BCUT2D eigenvalue weighted by Gasteiger charge is 2.29. The SMILES string of the molecule is CCS(=O)(=O)c1c(N)nsc1N1CCC(O)CC1. The smallest absolute Gasteiger partial charge is 0.184 e. The van der Waals surface area contributed by atoms with Crippen molar-refractivity contribution in [2.45, 2.75) is 30.8 Å². The zero-order valence-electron chi connectivity index (χ0n) is 10.2. The molecule has 1 aromatic rings. The van der Waals surface area contributed by atoms with Crippen molar-refractivity contribution in [1.29, 1.82) is 0 Å². The molecule has 0 unspecified atom stereocenters. The molecule has 0 radical (unpaired) electrons. The van der Waals surface area contributed by atoms with Crippen LogP contribution in [0.5, 0.6) is 0 Å². The van der Waals surface area contributed by atoms with Crippen molar-refractivity contribution >= 4 is 32.2 Å². The number of nitrogen functional groups attached to an aromatic ring is 1. The molecule has 0 amide bonds. The number of rotatable bonds is 3. The fourth-order valence-electron chi connectivity index (χ4n) is 1.99. The number of sulfone groups is 1. The normalized spacial score (nSPS) is 18.2. The van der Waals surface area contributed by atoms with Crippen molar-refractivity contribution in [2.24, 2.45) is 0 Å². The summed E-state index contributed by atoms with van der Waals surface area (Å²) in [6.45, 7) is 2.86. The Balaban J connectivity index is 2.35. The standard InChI is InChI=1S/C10H17N3O3S2/c1-2-18(15,16)8-9(11)12-17-10(8)13-5-3-7(14)4-6-13/h7,14H,2-6H2,1H3,(H2,11,12). The molecule has 6 nitrogen and oxygen atoms in total. The van der Waals surface area contributed by atoms with Crippen molar-refractivity contribution in [1.82, 2.24) is 4.37 Å². The summed E-state index contributed by atoms with van der Waals surface area (Å²) in [6.07, 6.45) is 0.991. The van der Waals surface area contributed by atoms with Crippen LogP contribution in [0.3, 0.4) is 0 Å². The topological polar surface area (TPSA) is 96.5 Å². The molecule has 0 saturated carbocycles. The van der Waals surface area contributed by atoms with E-state index in [9.17, 15) is 13.5 Å². The summed E-state index contributed by atoms with van der Waals surface area (Å²) in [6, 6.07) is 0. The number of anilines is 2. The molecule has 18 heavy (non-hydrogen) atoms. The highest BCUT2D eigenvalue weighted by Crippen LogP contribution is 2.36. The molecular formula is C10H17N3O3S2. The van der Waals surface area contributed by atoms with Gasteiger partial charge < -0.3 is 15.7 Å². The van der Waals surface area contributed by atoms with Crippen LogP contribution in [0.4, 0.5) is 10.8 Å². The van der Waals surface area contributed by atoms with Crippen LogP contribution in [0.25, 0.3) is 0 Å². The lowest BCUT2D eigenvalue weighted by Crippen LogP contribution is -2.36. The lowest BCUT2D eigenvalue weighted by molar-refractivity contribution is 0.145. The van der Waals surface area contributed by atoms with Crippen LogP contribution < -0.4 is 10.6 Å². The first kappa shape index (κ1) is 13.6. The van der Waals surface area contributed by atoms with Crippen LogP contribution in [0, 0.1) is 0 Å². The maximum atomic E-state index is 12.0. The first-order chi connectivity index (χ1) is 8.45. The van der Waals surface area contributed by atoms with Crippen LogP contribution in [0.15, 0.2) is 4.90 Å². The van der Waals surface area contributed by atoms with E-state index in [2.05, 4.69) is 4.37 Å². The third-order valence-electron chi connectivity index (χ3n) is 3.10. The maximum Gasteiger partial charge on any atom is 0.184 e. The molecule has 0 bridgehead atoms. The van der Waals surface area contributed by atoms with Crippen LogP contribution in [0.2, 0.25) is 0 Å². The molecule has 1 aliphatic heterocycles. The second-order valence-electron chi connectivity index (χ2n) is 4.32. The monoisotopic (exact) mass is 291 g/mol. The number of hydrogen-bond acceptors (Lipinski definition) is 7. The van der Waals surface area contributed by atoms with E-state index in [0.29, 0.717) is 30.9 Å². The summed E-state index contributed by atoms with van der Waals surface area (Å²) in [5.74, 6) is 0.0991. The molecule has 0 spiro atoms. The van der Waals surface area contributed by atoms with Crippen molar-refractivity contribution in [2.75, 3.05) is 29.5 Å². The number of nitrogens with two attached hydrogens (primary N) is 1. The Hall–Kier alpha value is -0.860. The molecule has 3 N–H and O–H groups in total. The van der Waals surface area contributed by atoms with Crippen molar-refractivity contribution in [3.63, 3.8) is 0 Å². The predicted molar refractivity (Wildman–Crippen MR) is 71.7 cm³/mol. The minimum absolute atomic E-state index is 0.0130. The minimum atomic E-state index is -3.36. The molecule has 0 atom stereocenters. The molecule has 1 fully saturated rings. The second-order valence-corrected chi connectivity index (χ2v) is 7.29. The van der Waals surface area contributed by atoms with Gasteiger partial charge in [0, 0.05) is 13.1 Å². The quantitative estimate of drug-likeness (QED) is 0.841. The number of hydrogen-bond donors (Lipinski definition) is 2. The average molecular weight is 291 g/mol. The van der Waals surface area contributed by atoms with Crippen LogP contribution in [-0.2, 0) is 9.84 Å². The molecule has 1 saturated heterocycles. The van der Waals surface area contributed by atoms with E-state index >= 15 is 0 Å². The molecule has 1 aromatic heterocycles. The number of aliphatic hydroxyl groups is 1. The first-order valence-corrected chi connectivity index (χ1v) is 8.29. The lowest BCUT2D eigenvalue weighted by Gasteiger charge is -2.30. The molecule has 0 aromatic carbocycles. The van der Waals surface area contributed by atoms with Crippen LogP contribution >= 0.6 is 11.5 Å². The van der Waals surface area contributed by atoms with E-state index < -0.39 is 9.84 Å². The largest absolute Gasteiger partial charge is 0.393 e. The third kappa shape index (κ3) is 2.45.